The normalized spacial score (nSPS) is 10.4. The van der Waals surface area contributed by atoms with Crippen molar-refractivity contribution >= 4 is 66.5 Å². The van der Waals surface area contributed by atoms with Gasteiger partial charge < -0.3 is 0 Å². The van der Waals surface area contributed by atoms with Crippen LogP contribution in [-0.2, 0) is 8.27 Å². The Kier molecular flexibility index (Phi) is 6.89. The molecule has 0 spiro atoms. The number of hydrogen-bond acceptors (Lipinski definition) is 2. The zero-order valence-corrected chi connectivity index (χ0v) is 13.3. The van der Waals surface area contributed by atoms with E-state index in [1.165, 1.54) is 0 Å². The van der Waals surface area contributed by atoms with Crippen LogP contribution in [0.25, 0.3) is 0 Å². The minimum absolute atomic E-state index is 0.741. The molecule has 0 saturated carbocycles. The average molecular weight is 429 g/mol. The topological polar surface area (TPSA) is 34.1 Å². The Morgan fingerprint density at radius 3 is 1.93 bits per heavy atom. The highest BCUT2D eigenvalue weighted by atomic mass is 79.9. The van der Waals surface area contributed by atoms with Crippen molar-refractivity contribution in [2.45, 2.75) is 0 Å². The van der Waals surface area contributed by atoms with Crippen molar-refractivity contribution < 1.29 is 8.42 Å². The van der Waals surface area contributed by atoms with Crippen molar-refractivity contribution in [3.8, 4) is 0 Å². The van der Waals surface area contributed by atoms with Crippen LogP contribution >= 0.6 is 58.3 Å². The third-order valence-electron chi connectivity index (χ3n) is 0.882. The highest BCUT2D eigenvalue weighted by molar-refractivity contribution is 9.47. The van der Waals surface area contributed by atoms with E-state index in [2.05, 4.69) is 46.7 Å². The van der Waals surface area contributed by atoms with Gasteiger partial charge in [-0.15, -0.1) is 0 Å². The van der Waals surface area contributed by atoms with Crippen LogP contribution in [0.4, 0.5) is 0 Å². The Morgan fingerprint density at radius 1 is 1.21 bits per heavy atom. The van der Waals surface area contributed by atoms with E-state index in [9.17, 15) is 8.42 Å². The molecule has 0 unspecified atom stereocenters. The Hall–Kier alpha value is 0.900. The predicted molar refractivity (Wildman–Crippen MR) is 70.6 cm³/mol. The summed E-state index contributed by atoms with van der Waals surface area (Å²) in [5.74, 6) is 0. The Morgan fingerprint density at radius 2 is 1.64 bits per heavy atom. The standard InChI is InChI=1S/C6H3Br2Cl.CH3BrO2S/c7-5-2-1-4(9)3-6(5)8;1-5(2,3)4/h1-3H;1H3. The molecular formula is C7H6Br3ClO2S. The lowest BCUT2D eigenvalue weighted by molar-refractivity contribution is 0.616. The summed E-state index contributed by atoms with van der Waals surface area (Å²) >= 11 is 14.7. The summed E-state index contributed by atoms with van der Waals surface area (Å²) in [6.45, 7) is 0. The third kappa shape index (κ3) is 9.45. The maximum absolute atomic E-state index is 9.55. The summed E-state index contributed by atoms with van der Waals surface area (Å²) < 4.78 is 21.1. The number of hydrogen-bond donors (Lipinski definition) is 0. The molecule has 2 nitrogen and oxygen atoms in total. The molecule has 0 aliphatic heterocycles. The SMILES string of the molecule is CS(=O)(=O)Br.Clc1ccc(Br)c(Br)c1. The van der Waals surface area contributed by atoms with E-state index in [-0.39, 0.29) is 0 Å². The van der Waals surface area contributed by atoms with Crippen LogP contribution < -0.4 is 0 Å². The molecule has 7 heteroatoms. The molecule has 0 atom stereocenters. The molecule has 0 aliphatic carbocycles. The lowest BCUT2D eigenvalue weighted by Crippen LogP contribution is -1.74. The van der Waals surface area contributed by atoms with E-state index < -0.39 is 8.27 Å². The third-order valence-corrected chi connectivity index (χ3v) is 3.00. The largest absolute Gasteiger partial charge is 0.217 e. The molecule has 0 fully saturated rings. The van der Waals surface area contributed by atoms with Gasteiger partial charge in [0.2, 0.25) is 8.27 Å². The van der Waals surface area contributed by atoms with Crippen molar-refractivity contribution in [3.63, 3.8) is 0 Å². The number of rotatable bonds is 0. The average Bonchev–Trinajstić information content (AvgIpc) is 1.94. The Labute approximate surface area is 112 Å². The second kappa shape index (κ2) is 6.48. The molecule has 0 amide bonds. The molecule has 1 aromatic carbocycles. The van der Waals surface area contributed by atoms with E-state index in [1.807, 2.05) is 18.2 Å². The first-order valence-electron chi connectivity index (χ1n) is 3.20. The second-order valence-corrected chi connectivity index (χ2v) is 9.28. The van der Waals surface area contributed by atoms with E-state index in [4.69, 9.17) is 11.6 Å². The first-order chi connectivity index (χ1) is 6.20. The minimum atomic E-state index is -2.85. The van der Waals surface area contributed by atoms with Crippen molar-refractivity contribution in [3.05, 3.63) is 32.2 Å². The molecule has 0 N–H and O–H groups in total. The van der Waals surface area contributed by atoms with Crippen LogP contribution in [0.15, 0.2) is 27.1 Å². The van der Waals surface area contributed by atoms with Crippen LogP contribution in [0.2, 0.25) is 5.02 Å². The lowest BCUT2D eigenvalue weighted by atomic mass is 10.4. The van der Waals surface area contributed by atoms with Gasteiger partial charge in [0.15, 0.2) is 0 Å². The van der Waals surface area contributed by atoms with Crippen molar-refractivity contribution in [1.82, 2.24) is 0 Å². The van der Waals surface area contributed by atoms with E-state index in [1.54, 1.807) is 0 Å². The molecule has 0 saturated heterocycles. The minimum Gasteiger partial charge on any atom is -0.217 e. The van der Waals surface area contributed by atoms with Gasteiger partial charge in [0.1, 0.15) is 0 Å². The Bertz CT molecular complexity index is 397. The molecule has 0 radical (unpaired) electrons. The molecule has 80 valence electrons. The quantitative estimate of drug-likeness (QED) is 0.458. The summed E-state index contributed by atoms with van der Waals surface area (Å²) in [4.78, 5) is 0. The van der Waals surface area contributed by atoms with Crippen molar-refractivity contribution in [1.29, 1.82) is 0 Å². The monoisotopic (exact) mass is 426 g/mol. The summed E-state index contributed by atoms with van der Waals surface area (Å²) in [5.41, 5.74) is 0. The van der Waals surface area contributed by atoms with E-state index >= 15 is 0 Å². The van der Waals surface area contributed by atoms with Crippen LogP contribution in [0, 0.1) is 0 Å². The van der Waals surface area contributed by atoms with Crippen LogP contribution in [0.1, 0.15) is 0 Å². The molecule has 0 aromatic heterocycles. The maximum Gasteiger partial charge on any atom is 0.206 e. The van der Waals surface area contributed by atoms with Gasteiger partial charge in [0, 0.05) is 20.2 Å². The highest BCUT2D eigenvalue weighted by Gasteiger charge is 1.94. The fourth-order valence-electron chi connectivity index (χ4n) is 0.470. The predicted octanol–water partition coefficient (Wildman–Crippen LogP) is 4.21. The molecule has 0 bridgehead atoms. The van der Waals surface area contributed by atoms with Crippen LogP contribution in [-0.4, -0.2) is 14.7 Å². The first-order valence-corrected chi connectivity index (χ1v) is 8.90. The van der Waals surface area contributed by atoms with E-state index in [0.717, 1.165) is 20.2 Å². The fourth-order valence-corrected chi connectivity index (χ4v) is 1.40. The zero-order chi connectivity index (χ0) is 11.4. The van der Waals surface area contributed by atoms with Gasteiger partial charge in [-0.1, -0.05) is 11.6 Å². The van der Waals surface area contributed by atoms with E-state index in [0.29, 0.717) is 0 Å². The fraction of sp³-hybridized carbons (Fsp3) is 0.143. The van der Waals surface area contributed by atoms with Gasteiger partial charge in [0.25, 0.3) is 0 Å². The second-order valence-electron chi connectivity index (χ2n) is 2.24. The first kappa shape index (κ1) is 14.9. The summed E-state index contributed by atoms with van der Waals surface area (Å²) in [6, 6.07) is 5.56. The van der Waals surface area contributed by atoms with Crippen LogP contribution in [0.3, 0.4) is 0 Å². The molecule has 1 aromatic rings. The molecule has 1 rings (SSSR count). The molecule has 0 heterocycles. The van der Waals surface area contributed by atoms with Gasteiger partial charge >= 0.3 is 0 Å². The summed E-state index contributed by atoms with van der Waals surface area (Å²) in [6.07, 6.45) is 1.08. The van der Waals surface area contributed by atoms with Crippen LogP contribution in [0.5, 0.6) is 0 Å². The summed E-state index contributed by atoms with van der Waals surface area (Å²) in [5, 5.41) is 0.741. The number of halogens is 4. The van der Waals surface area contributed by atoms with Crippen molar-refractivity contribution in [2.75, 3.05) is 6.26 Å². The highest BCUT2D eigenvalue weighted by Crippen LogP contribution is 2.25. The lowest BCUT2D eigenvalue weighted by Gasteiger charge is -1.93. The molecule has 14 heavy (non-hydrogen) atoms. The van der Waals surface area contributed by atoms with Gasteiger partial charge in [-0.2, -0.15) is 0 Å². The van der Waals surface area contributed by atoms with Gasteiger partial charge in [-0.25, -0.2) is 8.42 Å². The number of benzene rings is 1. The van der Waals surface area contributed by atoms with Gasteiger partial charge in [-0.05, 0) is 50.1 Å². The van der Waals surface area contributed by atoms with Crippen molar-refractivity contribution in [2.24, 2.45) is 0 Å². The smallest absolute Gasteiger partial charge is 0.206 e. The van der Waals surface area contributed by atoms with Gasteiger partial charge in [0.05, 0.1) is 14.8 Å². The maximum atomic E-state index is 9.55. The Balaban J connectivity index is 0.000000292. The summed E-state index contributed by atoms with van der Waals surface area (Å²) in [7, 11) is -2.85. The zero-order valence-electron chi connectivity index (χ0n) is 6.97. The van der Waals surface area contributed by atoms with Gasteiger partial charge in [-0.3, -0.25) is 0 Å². The molecular weight excluding hydrogens is 423 g/mol. The molecule has 0 aliphatic rings.